The summed E-state index contributed by atoms with van der Waals surface area (Å²) in [6.07, 6.45) is 5.54. The van der Waals surface area contributed by atoms with Gasteiger partial charge in [-0.15, -0.1) is 0 Å². The van der Waals surface area contributed by atoms with Crippen LogP contribution < -0.4 is 5.73 Å². The Hall–Kier alpha value is -1.61. The van der Waals surface area contributed by atoms with E-state index in [4.69, 9.17) is 5.73 Å². The Morgan fingerprint density at radius 2 is 2.06 bits per heavy atom. The Morgan fingerprint density at radius 1 is 1.24 bits per heavy atom. The van der Waals surface area contributed by atoms with Gasteiger partial charge in [-0.3, -0.25) is 0 Å². The summed E-state index contributed by atoms with van der Waals surface area (Å²) in [7, 11) is 0. The van der Waals surface area contributed by atoms with E-state index in [1.54, 1.807) is 0 Å². The van der Waals surface area contributed by atoms with Crippen molar-refractivity contribution < 1.29 is 0 Å². The van der Waals surface area contributed by atoms with E-state index in [-0.39, 0.29) is 0 Å². The highest BCUT2D eigenvalue weighted by atomic mass is 15.3. The fourth-order valence-electron chi connectivity index (χ4n) is 2.17. The first-order valence-electron chi connectivity index (χ1n) is 6.22. The van der Waals surface area contributed by atoms with Gasteiger partial charge in [-0.05, 0) is 43.5 Å². The van der Waals surface area contributed by atoms with Gasteiger partial charge >= 0.3 is 0 Å². The van der Waals surface area contributed by atoms with E-state index >= 15 is 0 Å². The SMILES string of the molecule is NCCc1ccccc1-n1ccc(C2CC2)n1. The molecule has 0 saturated heterocycles. The van der Waals surface area contributed by atoms with E-state index < -0.39 is 0 Å². The second-order valence-corrected chi connectivity index (χ2v) is 4.63. The van der Waals surface area contributed by atoms with Gasteiger partial charge in [0.25, 0.3) is 0 Å². The van der Waals surface area contributed by atoms with Crippen molar-refractivity contribution in [1.29, 1.82) is 0 Å². The molecule has 0 radical (unpaired) electrons. The number of hydrogen-bond acceptors (Lipinski definition) is 2. The molecule has 1 aliphatic carbocycles. The molecule has 1 fully saturated rings. The van der Waals surface area contributed by atoms with Crippen molar-refractivity contribution in [2.24, 2.45) is 5.73 Å². The zero-order chi connectivity index (χ0) is 11.7. The minimum Gasteiger partial charge on any atom is -0.330 e. The summed E-state index contributed by atoms with van der Waals surface area (Å²) in [5, 5.41) is 4.66. The van der Waals surface area contributed by atoms with Crippen LogP contribution in [0, 0.1) is 0 Å². The molecule has 1 aromatic carbocycles. The third-order valence-corrected chi connectivity index (χ3v) is 3.26. The third-order valence-electron chi connectivity index (χ3n) is 3.26. The topological polar surface area (TPSA) is 43.8 Å². The first-order valence-corrected chi connectivity index (χ1v) is 6.22. The fourth-order valence-corrected chi connectivity index (χ4v) is 2.17. The van der Waals surface area contributed by atoms with Gasteiger partial charge < -0.3 is 5.73 Å². The van der Waals surface area contributed by atoms with Crippen LogP contribution in [0.15, 0.2) is 36.5 Å². The van der Waals surface area contributed by atoms with Crippen molar-refractivity contribution in [3.63, 3.8) is 0 Å². The maximum atomic E-state index is 5.64. The Labute approximate surface area is 101 Å². The van der Waals surface area contributed by atoms with E-state index in [1.807, 2.05) is 10.7 Å². The average Bonchev–Trinajstić information content (AvgIpc) is 3.09. The van der Waals surface area contributed by atoms with Crippen LogP contribution in [0.3, 0.4) is 0 Å². The van der Waals surface area contributed by atoms with Gasteiger partial charge in [-0.2, -0.15) is 5.10 Å². The molecular weight excluding hydrogens is 210 g/mol. The highest BCUT2D eigenvalue weighted by Crippen LogP contribution is 2.39. The summed E-state index contributed by atoms with van der Waals surface area (Å²) in [6, 6.07) is 10.5. The normalized spacial score (nSPS) is 15.1. The van der Waals surface area contributed by atoms with Gasteiger partial charge in [-0.25, -0.2) is 4.68 Å². The lowest BCUT2D eigenvalue weighted by Gasteiger charge is -2.08. The predicted octanol–water partition coefficient (Wildman–Crippen LogP) is 2.25. The average molecular weight is 227 g/mol. The van der Waals surface area contributed by atoms with Crippen LogP contribution in [-0.4, -0.2) is 16.3 Å². The van der Waals surface area contributed by atoms with Crippen molar-refractivity contribution in [3.05, 3.63) is 47.8 Å². The molecule has 0 amide bonds. The van der Waals surface area contributed by atoms with Crippen molar-refractivity contribution in [3.8, 4) is 5.69 Å². The molecule has 1 aliphatic rings. The monoisotopic (exact) mass is 227 g/mol. The Balaban J connectivity index is 1.95. The molecule has 88 valence electrons. The second kappa shape index (κ2) is 4.34. The maximum absolute atomic E-state index is 5.64. The van der Waals surface area contributed by atoms with Crippen LogP contribution in [0.5, 0.6) is 0 Å². The molecule has 17 heavy (non-hydrogen) atoms. The van der Waals surface area contributed by atoms with Crippen molar-refractivity contribution >= 4 is 0 Å². The molecular formula is C14H17N3. The summed E-state index contributed by atoms with van der Waals surface area (Å²) in [4.78, 5) is 0. The molecule has 3 rings (SSSR count). The van der Waals surface area contributed by atoms with Crippen LogP contribution in [0.4, 0.5) is 0 Å². The zero-order valence-corrected chi connectivity index (χ0v) is 9.84. The van der Waals surface area contributed by atoms with E-state index in [2.05, 4.69) is 35.6 Å². The Bertz CT molecular complexity index is 512. The molecule has 2 N–H and O–H groups in total. The third kappa shape index (κ3) is 2.11. The number of aromatic nitrogens is 2. The van der Waals surface area contributed by atoms with Crippen molar-refractivity contribution in [1.82, 2.24) is 9.78 Å². The molecule has 0 spiro atoms. The summed E-state index contributed by atoms with van der Waals surface area (Å²) in [5.41, 5.74) is 9.29. The first-order chi connectivity index (χ1) is 8.38. The van der Waals surface area contributed by atoms with Crippen LogP contribution in [0.25, 0.3) is 5.69 Å². The van der Waals surface area contributed by atoms with Crippen molar-refractivity contribution in [2.45, 2.75) is 25.2 Å². The molecule has 0 aliphatic heterocycles. The molecule has 2 aromatic rings. The fraction of sp³-hybridized carbons (Fsp3) is 0.357. The lowest BCUT2D eigenvalue weighted by molar-refractivity contribution is 0.819. The number of hydrogen-bond donors (Lipinski definition) is 1. The molecule has 1 saturated carbocycles. The van der Waals surface area contributed by atoms with Gasteiger partial charge in [-0.1, -0.05) is 18.2 Å². The molecule has 1 heterocycles. The van der Waals surface area contributed by atoms with Gasteiger partial charge in [0, 0.05) is 12.1 Å². The van der Waals surface area contributed by atoms with Gasteiger partial charge in [0.05, 0.1) is 11.4 Å². The highest BCUT2D eigenvalue weighted by Gasteiger charge is 2.25. The standard InChI is InChI=1S/C14H17N3/c15-9-7-12-3-1-2-4-14(12)17-10-8-13(16-17)11-5-6-11/h1-4,8,10-11H,5-7,9,15H2. The molecule has 3 nitrogen and oxygen atoms in total. The van der Waals surface area contributed by atoms with Crippen LogP contribution >= 0.6 is 0 Å². The Kier molecular flexibility index (Phi) is 2.69. The zero-order valence-electron chi connectivity index (χ0n) is 9.84. The van der Waals surface area contributed by atoms with Gasteiger partial charge in [0.1, 0.15) is 0 Å². The summed E-state index contributed by atoms with van der Waals surface area (Å²) in [5.74, 6) is 0.706. The first kappa shape index (κ1) is 10.5. The summed E-state index contributed by atoms with van der Waals surface area (Å²) < 4.78 is 1.98. The van der Waals surface area contributed by atoms with Crippen LogP contribution in [-0.2, 0) is 6.42 Å². The smallest absolute Gasteiger partial charge is 0.0678 e. The number of rotatable bonds is 4. The van der Waals surface area contributed by atoms with Gasteiger partial charge in [0.2, 0.25) is 0 Å². The summed E-state index contributed by atoms with van der Waals surface area (Å²) >= 11 is 0. The molecule has 1 aromatic heterocycles. The molecule has 0 bridgehead atoms. The molecule has 0 unspecified atom stereocenters. The van der Waals surface area contributed by atoms with E-state index in [9.17, 15) is 0 Å². The quantitative estimate of drug-likeness (QED) is 0.870. The largest absolute Gasteiger partial charge is 0.330 e. The van der Waals surface area contributed by atoms with Crippen LogP contribution in [0.1, 0.15) is 30.0 Å². The predicted molar refractivity (Wildman–Crippen MR) is 68.3 cm³/mol. The van der Waals surface area contributed by atoms with Crippen molar-refractivity contribution in [2.75, 3.05) is 6.54 Å². The molecule has 0 atom stereocenters. The highest BCUT2D eigenvalue weighted by molar-refractivity contribution is 5.40. The van der Waals surface area contributed by atoms with E-state index in [1.165, 1.54) is 24.1 Å². The lowest BCUT2D eigenvalue weighted by atomic mass is 10.1. The summed E-state index contributed by atoms with van der Waals surface area (Å²) in [6.45, 7) is 0.674. The number of nitrogens with two attached hydrogens (primary N) is 1. The minimum absolute atomic E-state index is 0.674. The lowest BCUT2D eigenvalue weighted by Crippen LogP contribution is -2.07. The van der Waals surface area contributed by atoms with E-state index in [0.717, 1.165) is 12.1 Å². The molecule has 3 heteroatoms. The number of para-hydroxylation sites is 1. The number of nitrogens with zero attached hydrogens (tertiary/aromatic N) is 2. The maximum Gasteiger partial charge on any atom is 0.0678 e. The van der Waals surface area contributed by atoms with Gasteiger partial charge in [0.15, 0.2) is 0 Å². The second-order valence-electron chi connectivity index (χ2n) is 4.63. The van der Waals surface area contributed by atoms with E-state index in [0.29, 0.717) is 12.5 Å². The van der Waals surface area contributed by atoms with Crippen LogP contribution in [0.2, 0.25) is 0 Å². The minimum atomic E-state index is 0.674. The number of benzene rings is 1. The Morgan fingerprint density at radius 3 is 2.82 bits per heavy atom.